The summed E-state index contributed by atoms with van der Waals surface area (Å²) in [4.78, 5) is 39.2. The van der Waals surface area contributed by atoms with Gasteiger partial charge in [-0.3, -0.25) is 19.3 Å². The second-order valence-electron chi connectivity index (χ2n) is 7.31. The van der Waals surface area contributed by atoms with Crippen molar-refractivity contribution in [2.24, 2.45) is 5.92 Å². The number of nitrogens with zero attached hydrogens (tertiary/aromatic N) is 6. The Morgan fingerprint density at radius 2 is 1.86 bits per heavy atom. The second kappa shape index (κ2) is 7.79. The maximum atomic E-state index is 12.4. The van der Waals surface area contributed by atoms with E-state index in [9.17, 15) is 19.6 Å². The van der Waals surface area contributed by atoms with Crippen molar-refractivity contribution in [2.45, 2.75) is 39.3 Å². The topological polar surface area (TPSA) is 134 Å². The van der Waals surface area contributed by atoms with E-state index in [1.54, 1.807) is 31.2 Å². The largest absolute Gasteiger partial charge is 0.336 e. The maximum Gasteiger partial charge on any atom is 0.261 e. The molecule has 0 saturated carbocycles. The van der Waals surface area contributed by atoms with Crippen LogP contribution in [0.3, 0.4) is 0 Å². The van der Waals surface area contributed by atoms with E-state index in [0.29, 0.717) is 17.0 Å². The number of rotatable bonds is 7. The van der Waals surface area contributed by atoms with Gasteiger partial charge < -0.3 is 5.32 Å². The number of carbonyl (C=O) groups is 3. The summed E-state index contributed by atoms with van der Waals surface area (Å²) >= 11 is 0. The summed E-state index contributed by atoms with van der Waals surface area (Å²) < 4.78 is 0. The lowest BCUT2D eigenvalue weighted by Crippen LogP contribution is -2.50. The Labute approximate surface area is 167 Å². The van der Waals surface area contributed by atoms with Crippen molar-refractivity contribution >= 4 is 17.7 Å². The summed E-state index contributed by atoms with van der Waals surface area (Å²) in [5, 5.41) is 23.8. The average molecular weight is 395 g/mol. The van der Waals surface area contributed by atoms with Crippen molar-refractivity contribution in [3.8, 4) is 6.07 Å². The number of imide groups is 1. The zero-order chi connectivity index (χ0) is 21.2. The van der Waals surface area contributed by atoms with Gasteiger partial charge in [-0.1, -0.05) is 26.0 Å². The molecule has 2 aromatic rings. The third kappa shape index (κ3) is 3.99. The Balaban J connectivity index is 1.58. The highest BCUT2D eigenvalue weighted by Crippen LogP contribution is 2.22. The van der Waals surface area contributed by atoms with Gasteiger partial charge in [0.1, 0.15) is 12.1 Å². The van der Waals surface area contributed by atoms with Gasteiger partial charge in [-0.2, -0.15) is 10.1 Å². The first-order valence-electron chi connectivity index (χ1n) is 9.19. The number of aromatic nitrogens is 4. The number of hydrogen-bond donors (Lipinski definition) is 1. The molecule has 0 fully saturated rings. The summed E-state index contributed by atoms with van der Waals surface area (Å²) in [5.74, 6) is -0.868. The average Bonchev–Trinajstić information content (AvgIpc) is 3.23. The zero-order valence-corrected chi connectivity index (χ0v) is 16.4. The third-order valence-electron chi connectivity index (χ3n) is 5.00. The van der Waals surface area contributed by atoms with Gasteiger partial charge >= 0.3 is 0 Å². The zero-order valence-electron chi connectivity index (χ0n) is 16.4. The molecule has 0 saturated heterocycles. The van der Waals surface area contributed by atoms with E-state index in [2.05, 4.69) is 26.8 Å². The van der Waals surface area contributed by atoms with Gasteiger partial charge in [-0.15, -0.1) is 10.2 Å². The van der Waals surface area contributed by atoms with Crippen LogP contribution in [0.25, 0.3) is 0 Å². The van der Waals surface area contributed by atoms with Gasteiger partial charge in [0.2, 0.25) is 5.91 Å². The van der Waals surface area contributed by atoms with Crippen LogP contribution < -0.4 is 5.32 Å². The molecule has 3 rings (SSSR count). The highest BCUT2D eigenvalue weighted by molar-refractivity contribution is 6.21. The van der Waals surface area contributed by atoms with E-state index in [1.165, 1.54) is 0 Å². The van der Waals surface area contributed by atoms with Crippen LogP contribution in [0.1, 0.15) is 47.3 Å². The molecule has 0 unspecified atom stereocenters. The van der Waals surface area contributed by atoms with Crippen molar-refractivity contribution in [1.82, 2.24) is 30.4 Å². The molecule has 0 aliphatic carbocycles. The first-order chi connectivity index (χ1) is 13.7. The van der Waals surface area contributed by atoms with E-state index in [1.807, 2.05) is 13.8 Å². The predicted molar refractivity (Wildman–Crippen MR) is 100 cm³/mol. The molecule has 0 bridgehead atoms. The molecule has 1 N–H and O–H groups in total. The van der Waals surface area contributed by atoms with Gasteiger partial charge in [0.15, 0.2) is 5.82 Å². The van der Waals surface area contributed by atoms with Gasteiger partial charge in [0, 0.05) is 13.0 Å². The summed E-state index contributed by atoms with van der Waals surface area (Å²) in [6.07, 6.45) is 0.217. The van der Waals surface area contributed by atoms with E-state index in [0.717, 1.165) is 9.70 Å². The molecule has 1 atom stereocenters. The summed E-state index contributed by atoms with van der Waals surface area (Å²) in [6, 6.07) is 8.76. The lowest BCUT2D eigenvalue weighted by Gasteiger charge is -2.27. The minimum atomic E-state index is -0.994. The minimum absolute atomic E-state index is 0.0737. The van der Waals surface area contributed by atoms with Crippen molar-refractivity contribution in [2.75, 3.05) is 6.54 Å². The Bertz CT molecular complexity index is 972. The van der Waals surface area contributed by atoms with Crippen molar-refractivity contribution < 1.29 is 14.4 Å². The van der Waals surface area contributed by atoms with Crippen molar-refractivity contribution in [3.63, 3.8) is 0 Å². The fourth-order valence-electron chi connectivity index (χ4n) is 2.86. The van der Waals surface area contributed by atoms with Crippen LogP contribution in [0.15, 0.2) is 24.3 Å². The molecule has 2 heterocycles. The van der Waals surface area contributed by atoms with Gasteiger partial charge in [-0.25, -0.2) is 0 Å². The lowest BCUT2D eigenvalue weighted by molar-refractivity contribution is -0.123. The SMILES string of the molecule is CC(C)[C@@](C)(C#N)NC(=O)Cn1nnc(CCN2C(=O)c3ccccc3C2=O)n1. The van der Waals surface area contributed by atoms with Crippen LogP contribution >= 0.6 is 0 Å². The molecule has 0 spiro atoms. The van der Waals surface area contributed by atoms with Crippen molar-refractivity contribution in [1.29, 1.82) is 5.26 Å². The fourth-order valence-corrected chi connectivity index (χ4v) is 2.86. The number of nitrogens with one attached hydrogen (secondary N) is 1. The minimum Gasteiger partial charge on any atom is -0.336 e. The Hall–Kier alpha value is -3.61. The summed E-state index contributed by atoms with van der Waals surface area (Å²) in [6.45, 7) is 5.26. The number of tetrazole rings is 1. The standard InChI is InChI=1S/C19H21N7O3/c1-12(2)19(3,11-20)21-16(27)10-26-23-15(22-24-26)8-9-25-17(28)13-6-4-5-7-14(13)18(25)29/h4-7,12H,8-10H2,1-3H3,(H,21,27)/t19-/m1/s1. The summed E-state index contributed by atoms with van der Waals surface area (Å²) in [5.41, 5.74) is -0.223. The number of carbonyl (C=O) groups excluding carboxylic acids is 3. The molecule has 1 aromatic carbocycles. The number of fused-ring (bicyclic) bond motifs is 1. The first-order valence-corrected chi connectivity index (χ1v) is 9.19. The molecule has 1 aliphatic rings. The molecule has 1 aromatic heterocycles. The molecule has 10 heteroatoms. The Morgan fingerprint density at radius 1 is 1.24 bits per heavy atom. The second-order valence-corrected chi connectivity index (χ2v) is 7.31. The van der Waals surface area contributed by atoms with E-state index in [-0.39, 0.29) is 37.2 Å². The smallest absolute Gasteiger partial charge is 0.261 e. The van der Waals surface area contributed by atoms with Gasteiger partial charge in [-0.05, 0) is 30.2 Å². The van der Waals surface area contributed by atoms with Crippen LogP contribution in [0.2, 0.25) is 0 Å². The predicted octanol–water partition coefficient (Wildman–Crippen LogP) is 0.566. The van der Waals surface area contributed by atoms with Crippen molar-refractivity contribution in [3.05, 3.63) is 41.2 Å². The Morgan fingerprint density at radius 3 is 2.41 bits per heavy atom. The highest BCUT2D eigenvalue weighted by atomic mass is 16.2. The van der Waals surface area contributed by atoms with Gasteiger partial charge in [0.25, 0.3) is 11.8 Å². The quantitative estimate of drug-likeness (QED) is 0.677. The van der Waals surface area contributed by atoms with Crippen LogP contribution in [0.5, 0.6) is 0 Å². The molecule has 3 amide bonds. The lowest BCUT2D eigenvalue weighted by atomic mass is 9.90. The van der Waals surface area contributed by atoms with Gasteiger partial charge in [0.05, 0.1) is 17.2 Å². The monoisotopic (exact) mass is 395 g/mol. The number of amides is 3. The maximum absolute atomic E-state index is 12.4. The molecular weight excluding hydrogens is 374 g/mol. The fraction of sp³-hybridized carbons (Fsp3) is 0.421. The molecule has 29 heavy (non-hydrogen) atoms. The normalized spacial score (nSPS) is 15.2. The van der Waals surface area contributed by atoms with Crippen LogP contribution in [0.4, 0.5) is 0 Å². The number of hydrogen-bond acceptors (Lipinski definition) is 7. The number of benzene rings is 1. The third-order valence-corrected chi connectivity index (χ3v) is 5.00. The highest BCUT2D eigenvalue weighted by Gasteiger charge is 2.35. The first kappa shape index (κ1) is 20.1. The Kier molecular flexibility index (Phi) is 5.41. The number of nitriles is 1. The van der Waals surface area contributed by atoms with Crippen LogP contribution in [0, 0.1) is 17.2 Å². The van der Waals surface area contributed by atoms with E-state index < -0.39 is 11.4 Å². The van der Waals surface area contributed by atoms with E-state index >= 15 is 0 Å². The molecule has 150 valence electrons. The van der Waals surface area contributed by atoms with Crippen LogP contribution in [-0.2, 0) is 17.8 Å². The molecule has 10 nitrogen and oxygen atoms in total. The molecular formula is C19H21N7O3. The van der Waals surface area contributed by atoms with E-state index in [4.69, 9.17) is 0 Å². The molecule has 0 radical (unpaired) electrons. The summed E-state index contributed by atoms with van der Waals surface area (Å²) in [7, 11) is 0. The molecule has 1 aliphatic heterocycles. The van der Waals surface area contributed by atoms with Crippen LogP contribution in [-0.4, -0.2) is 54.9 Å².